The van der Waals surface area contributed by atoms with Crippen LogP contribution < -0.4 is 4.74 Å². The number of carbonyl (C=O) groups excluding carboxylic acids is 1. The van der Waals surface area contributed by atoms with E-state index < -0.39 is 11.8 Å². The van der Waals surface area contributed by atoms with Crippen LogP contribution in [0.3, 0.4) is 0 Å². The van der Waals surface area contributed by atoms with E-state index in [2.05, 4.69) is 25.3 Å². The Morgan fingerprint density at radius 2 is 1.84 bits per heavy atom. The van der Waals surface area contributed by atoms with Crippen LogP contribution in [0.1, 0.15) is 35.2 Å². The Kier molecular flexibility index (Phi) is 7.83. The van der Waals surface area contributed by atoms with E-state index in [1.54, 1.807) is 24.5 Å². The molecule has 0 bridgehead atoms. The van der Waals surface area contributed by atoms with Crippen molar-refractivity contribution in [3.8, 4) is 11.8 Å². The first kappa shape index (κ1) is 26.2. The maximum absolute atomic E-state index is 12.8. The minimum Gasteiger partial charge on any atom is -0.469 e. The number of hydrogen-bond donors (Lipinski definition) is 0. The van der Waals surface area contributed by atoms with Crippen LogP contribution in [0.4, 0.5) is 13.2 Å². The fourth-order valence-corrected chi connectivity index (χ4v) is 4.78. The molecule has 194 valence electrons. The van der Waals surface area contributed by atoms with Gasteiger partial charge in [-0.1, -0.05) is 24.3 Å². The molecule has 1 fully saturated rings. The van der Waals surface area contributed by atoms with Crippen LogP contribution in [0.15, 0.2) is 61.1 Å². The minimum absolute atomic E-state index is 0.263. The Balaban J connectivity index is 1.42. The van der Waals surface area contributed by atoms with Crippen molar-refractivity contribution >= 4 is 5.97 Å². The van der Waals surface area contributed by atoms with E-state index >= 15 is 0 Å². The van der Waals surface area contributed by atoms with Gasteiger partial charge in [0.15, 0.2) is 0 Å². The first-order valence-electron chi connectivity index (χ1n) is 11.8. The molecule has 0 saturated carbocycles. The molecule has 2 aromatic carbocycles. The van der Waals surface area contributed by atoms with Gasteiger partial charge in [0.25, 0.3) is 0 Å². The van der Waals surface area contributed by atoms with Crippen LogP contribution in [0.5, 0.6) is 5.75 Å². The zero-order valence-corrected chi connectivity index (χ0v) is 20.4. The van der Waals surface area contributed by atoms with E-state index in [0.29, 0.717) is 50.1 Å². The maximum atomic E-state index is 12.8. The molecule has 0 N–H and O–H groups in total. The number of nitriles is 1. The standard InChI is InChI=1S/C27H27F3N4O3/c1-36-25(35)26(14-22-3-2-4-24(13-22)37-27(28,29)30)9-11-33(12-10-26)18-23-16-32-19-34(23)17-21-7-5-20(15-31)6-8-21/h2-8,13,16,19H,9-12,14,17-18H2,1H3. The largest absolute Gasteiger partial charge is 0.573 e. The molecule has 0 aliphatic carbocycles. The van der Waals surface area contributed by atoms with Crippen molar-refractivity contribution in [3.63, 3.8) is 0 Å². The number of ether oxygens (including phenoxy) is 2. The van der Waals surface area contributed by atoms with E-state index in [1.807, 2.05) is 18.3 Å². The third-order valence-electron chi connectivity index (χ3n) is 6.73. The molecule has 0 radical (unpaired) electrons. The number of nitrogens with zero attached hydrogens (tertiary/aromatic N) is 4. The first-order chi connectivity index (χ1) is 17.7. The minimum atomic E-state index is -4.78. The average Bonchev–Trinajstić information content (AvgIpc) is 3.30. The fraction of sp³-hybridized carbons (Fsp3) is 0.370. The molecular formula is C27H27F3N4O3. The monoisotopic (exact) mass is 512 g/mol. The number of hydrogen-bond acceptors (Lipinski definition) is 6. The topological polar surface area (TPSA) is 80.4 Å². The van der Waals surface area contributed by atoms with Crippen molar-refractivity contribution in [1.82, 2.24) is 14.5 Å². The summed E-state index contributed by atoms with van der Waals surface area (Å²) in [6.45, 7) is 2.51. The van der Waals surface area contributed by atoms with Crippen molar-refractivity contribution in [1.29, 1.82) is 5.26 Å². The summed E-state index contributed by atoms with van der Waals surface area (Å²) in [5.74, 6) is -0.668. The van der Waals surface area contributed by atoms with E-state index in [4.69, 9.17) is 10.00 Å². The predicted octanol–water partition coefficient (Wildman–Crippen LogP) is 4.70. The summed E-state index contributed by atoms with van der Waals surface area (Å²) < 4.78 is 49.2. The van der Waals surface area contributed by atoms with E-state index in [1.165, 1.54) is 25.3 Å². The third-order valence-corrected chi connectivity index (χ3v) is 6.73. The summed E-state index contributed by atoms with van der Waals surface area (Å²) in [7, 11) is 1.33. The molecule has 0 unspecified atom stereocenters. The second-order valence-corrected chi connectivity index (χ2v) is 9.24. The van der Waals surface area contributed by atoms with Gasteiger partial charge in [-0.05, 0) is 67.7 Å². The van der Waals surface area contributed by atoms with Crippen LogP contribution in [0.25, 0.3) is 0 Å². The van der Waals surface area contributed by atoms with Gasteiger partial charge in [0.05, 0.1) is 36.2 Å². The fourth-order valence-electron chi connectivity index (χ4n) is 4.78. The smallest absolute Gasteiger partial charge is 0.469 e. The number of piperidine rings is 1. The van der Waals surface area contributed by atoms with Crippen LogP contribution in [-0.2, 0) is 29.0 Å². The van der Waals surface area contributed by atoms with Gasteiger partial charge in [-0.3, -0.25) is 9.69 Å². The summed E-state index contributed by atoms with van der Waals surface area (Å²) >= 11 is 0. The average molecular weight is 513 g/mol. The maximum Gasteiger partial charge on any atom is 0.573 e. The first-order valence-corrected chi connectivity index (χ1v) is 11.8. The molecule has 0 atom stereocenters. The van der Waals surface area contributed by atoms with Crippen molar-refractivity contribution in [3.05, 3.63) is 83.4 Å². The number of imidazole rings is 1. The van der Waals surface area contributed by atoms with Crippen molar-refractivity contribution in [2.75, 3.05) is 20.2 Å². The van der Waals surface area contributed by atoms with Gasteiger partial charge in [0, 0.05) is 19.3 Å². The zero-order valence-electron chi connectivity index (χ0n) is 20.4. The molecule has 37 heavy (non-hydrogen) atoms. The van der Waals surface area contributed by atoms with Crippen molar-refractivity contribution < 1.29 is 27.4 Å². The number of esters is 1. The Bertz CT molecular complexity index is 1260. The highest BCUT2D eigenvalue weighted by molar-refractivity contribution is 5.77. The number of methoxy groups -OCH3 is 1. The van der Waals surface area contributed by atoms with Crippen LogP contribution in [-0.4, -0.2) is 47.0 Å². The highest BCUT2D eigenvalue weighted by Crippen LogP contribution is 2.38. The molecule has 3 aromatic rings. The van der Waals surface area contributed by atoms with Gasteiger partial charge in [-0.2, -0.15) is 5.26 Å². The summed E-state index contributed by atoms with van der Waals surface area (Å²) in [6.07, 6.45) is 0.0849. The Morgan fingerprint density at radius 1 is 1.11 bits per heavy atom. The Hall–Kier alpha value is -3.84. The lowest BCUT2D eigenvalue weighted by molar-refractivity contribution is -0.274. The molecule has 0 amide bonds. The lowest BCUT2D eigenvalue weighted by atomic mass is 9.73. The molecule has 4 rings (SSSR count). The second-order valence-electron chi connectivity index (χ2n) is 9.24. The molecule has 2 heterocycles. The number of alkyl halides is 3. The van der Waals surface area contributed by atoms with Gasteiger partial charge in [-0.15, -0.1) is 13.2 Å². The van der Waals surface area contributed by atoms with Crippen LogP contribution >= 0.6 is 0 Å². The normalized spacial score (nSPS) is 15.6. The quantitative estimate of drug-likeness (QED) is 0.407. The number of likely N-dealkylation sites (tertiary alicyclic amines) is 1. The number of rotatable bonds is 8. The molecule has 7 nitrogen and oxygen atoms in total. The van der Waals surface area contributed by atoms with Crippen LogP contribution in [0.2, 0.25) is 0 Å². The van der Waals surface area contributed by atoms with Gasteiger partial charge in [0.1, 0.15) is 5.75 Å². The lowest BCUT2D eigenvalue weighted by Gasteiger charge is -2.40. The van der Waals surface area contributed by atoms with E-state index in [9.17, 15) is 18.0 Å². The number of benzene rings is 2. The molecular weight excluding hydrogens is 485 g/mol. The van der Waals surface area contributed by atoms with Crippen molar-refractivity contribution in [2.45, 2.75) is 38.7 Å². The highest BCUT2D eigenvalue weighted by atomic mass is 19.4. The molecule has 1 saturated heterocycles. The SMILES string of the molecule is COC(=O)C1(Cc2cccc(OC(F)(F)F)c2)CCN(Cc2cncn2Cc2ccc(C#N)cc2)CC1. The van der Waals surface area contributed by atoms with Crippen molar-refractivity contribution in [2.24, 2.45) is 5.41 Å². The van der Waals surface area contributed by atoms with Gasteiger partial charge >= 0.3 is 12.3 Å². The number of aromatic nitrogens is 2. The summed E-state index contributed by atoms with van der Waals surface area (Å²) in [5.41, 5.74) is 2.44. The summed E-state index contributed by atoms with van der Waals surface area (Å²) in [5, 5.41) is 8.99. The Morgan fingerprint density at radius 3 is 2.49 bits per heavy atom. The predicted molar refractivity (Wildman–Crippen MR) is 128 cm³/mol. The van der Waals surface area contributed by atoms with Crippen LogP contribution in [0, 0.1) is 16.7 Å². The second kappa shape index (κ2) is 11.0. The lowest BCUT2D eigenvalue weighted by Crippen LogP contribution is -2.46. The van der Waals surface area contributed by atoms with E-state index in [-0.39, 0.29) is 18.1 Å². The Labute approximate surface area is 213 Å². The highest BCUT2D eigenvalue weighted by Gasteiger charge is 2.42. The van der Waals surface area contributed by atoms with Gasteiger partial charge < -0.3 is 14.0 Å². The zero-order chi connectivity index (χ0) is 26.5. The molecule has 1 aliphatic heterocycles. The van der Waals surface area contributed by atoms with E-state index in [0.717, 1.165) is 11.3 Å². The molecule has 10 heteroatoms. The van der Waals surface area contributed by atoms with Gasteiger partial charge in [-0.25, -0.2) is 4.98 Å². The molecule has 0 spiro atoms. The summed E-state index contributed by atoms with van der Waals surface area (Å²) in [6, 6.07) is 15.3. The molecule has 1 aromatic heterocycles. The van der Waals surface area contributed by atoms with Gasteiger partial charge in [0.2, 0.25) is 0 Å². The number of carbonyl (C=O) groups is 1. The molecule has 1 aliphatic rings. The number of halogens is 3. The summed E-state index contributed by atoms with van der Waals surface area (Å²) in [4.78, 5) is 19.4. The third kappa shape index (κ3) is 6.68.